The lowest BCUT2D eigenvalue weighted by atomic mass is 9.67. The lowest BCUT2D eigenvalue weighted by Crippen LogP contribution is -2.58. The van der Waals surface area contributed by atoms with Gasteiger partial charge in [-0.3, -0.25) is 9.59 Å². The summed E-state index contributed by atoms with van der Waals surface area (Å²) in [4.78, 5) is 28.0. The number of hydrogen-bond donors (Lipinski definition) is 1. The van der Waals surface area contributed by atoms with Crippen LogP contribution in [0.15, 0.2) is 48.5 Å². The number of aliphatic carboxylic acids is 1. The largest absolute Gasteiger partial charge is 0.481 e. The minimum absolute atomic E-state index is 0.0689. The van der Waals surface area contributed by atoms with E-state index >= 15 is 0 Å². The summed E-state index contributed by atoms with van der Waals surface area (Å²) < 4.78 is 26.5. The van der Waals surface area contributed by atoms with E-state index in [1.807, 2.05) is 30.3 Å². The quantitative estimate of drug-likeness (QED) is 0.410. The molecular formula is C28H31Cl2NO5S. The normalized spacial score (nSPS) is 27.2. The average Bonchev–Trinajstić information content (AvgIpc) is 3.72. The van der Waals surface area contributed by atoms with Crippen LogP contribution in [0.3, 0.4) is 0 Å². The molecule has 1 amide bonds. The van der Waals surface area contributed by atoms with E-state index in [-0.39, 0.29) is 35.2 Å². The third-order valence-corrected chi connectivity index (χ3v) is 10.9. The maximum absolute atomic E-state index is 14.3. The van der Waals surface area contributed by atoms with Gasteiger partial charge in [0.15, 0.2) is 9.84 Å². The molecule has 2 saturated carbocycles. The van der Waals surface area contributed by atoms with Gasteiger partial charge in [-0.25, -0.2) is 8.42 Å². The summed E-state index contributed by atoms with van der Waals surface area (Å²) in [5, 5.41) is 10.5. The fraction of sp³-hybridized carbons (Fsp3) is 0.500. The second-order valence-electron chi connectivity index (χ2n) is 11.1. The van der Waals surface area contributed by atoms with E-state index < -0.39 is 33.3 Å². The van der Waals surface area contributed by atoms with Crippen molar-refractivity contribution in [3.05, 3.63) is 69.7 Å². The van der Waals surface area contributed by atoms with Crippen LogP contribution < -0.4 is 0 Å². The van der Waals surface area contributed by atoms with Crippen molar-refractivity contribution in [2.75, 3.05) is 5.75 Å². The molecular weight excluding hydrogens is 533 g/mol. The van der Waals surface area contributed by atoms with Crippen molar-refractivity contribution >= 4 is 44.9 Å². The Morgan fingerprint density at radius 3 is 2.30 bits per heavy atom. The van der Waals surface area contributed by atoms with Gasteiger partial charge in [0, 0.05) is 22.0 Å². The van der Waals surface area contributed by atoms with Gasteiger partial charge >= 0.3 is 5.97 Å². The van der Waals surface area contributed by atoms with Gasteiger partial charge in [0.2, 0.25) is 5.91 Å². The summed E-state index contributed by atoms with van der Waals surface area (Å²) in [6, 6.07) is 13.7. The van der Waals surface area contributed by atoms with Crippen molar-refractivity contribution < 1.29 is 23.1 Å². The molecule has 1 aliphatic heterocycles. The molecule has 4 atom stereocenters. The Bertz CT molecular complexity index is 1310. The maximum atomic E-state index is 14.3. The fourth-order valence-electron chi connectivity index (χ4n) is 5.97. The molecule has 37 heavy (non-hydrogen) atoms. The monoisotopic (exact) mass is 563 g/mol. The van der Waals surface area contributed by atoms with Crippen LogP contribution in [-0.2, 0) is 19.4 Å². The minimum Gasteiger partial charge on any atom is -0.481 e. The predicted octanol–water partition coefficient (Wildman–Crippen LogP) is 5.89. The number of carboxylic acid groups (broad SMARTS) is 1. The third kappa shape index (κ3) is 5.55. The Morgan fingerprint density at radius 1 is 1.05 bits per heavy atom. The third-order valence-electron chi connectivity index (χ3n) is 8.09. The van der Waals surface area contributed by atoms with Crippen LogP contribution in [0.2, 0.25) is 10.0 Å². The zero-order chi connectivity index (χ0) is 26.5. The van der Waals surface area contributed by atoms with Crippen LogP contribution in [0.1, 0.15) is 68.5 Å². The molecule has 1 unspecified atom stereocenters. The van der Waals surface area contributed by atoms with Gasteiger partial charge in [-0.2, -0.15) is 0 Å². The molecule has 2 aromatic rings. The van der Waals surface area contributed by atoms with Gasteiger partial charge in [0.05, 0.1) is 28.9 Å². The number of amides is 1. The van der Waals surface area contributed by atoms with Crippen molar-refractivity contribution in [3.8, 4) is 0 Å². The fourth-order valence-corrected chi connectivity index (χ4v) is 8.33. The molecule has 198 valence electrons. The van der Waals surface area contributed by atoms with Gasteiger partial charge in [-0.1, -0.05) is 54.4 Å². The van der Waals surface area contributed by atoms with Gasteiger partial charge in [0.1, 0.15) is 0 Å². The molecule has 0 spiro atoms. The van der Waals surface area contributed by atoms with E-state index in [9.17, 15) is 23.1 Å². The topological polar surface area (TPSA) is 91.8 Å². The number of rotatable bonds is 9. The van der Waals surface area contributed by atoms with Crippen LogP contribution in [-0.4, -0.2) is 47.3 Å². The zero-order valence-corrected chi connectivity index (χ0v) is 23.0. The van der Waals surface area contributed by atoms with Gasteiger partial charge in [-0.15, -0.1) is 0 Å². The molecule has 9 heteroatoms. The Kier molecular flexibility index (Phi) is 7.09. The summed E-state index contributed by atoms with van der Waals surface area (Å²) in [5.74, 6) is -1.66. The highest BCUT2D eigenvalue weighted by molar-refractivity contribution is 7.92. The highest BCUT2D eigenvalue weighted by Crippen LogP contribution is 2.54. The summed E-state index contributed by atoms with van der Waals surface area (Å²) in [6.45, 7) is 1.70. The van der Waals surface area contributed by atoms with Crippen molar-refractivity contribution in [1.82, 2.24) is 4.90 Å². The second-order valence-corrected chi connectivity index (χ2v) is 14.3. The van der Waals surface area contributed by atoms with Gasteiger partial charge in [-0.05, 0) is 73.4 Å². The number of carbonyl (C=O) groups is 2. The SMILES string of the molecule is C[C@]1(CC(=O)O)CC(c2cccc(Cl)c2)[C@@H](c2ccc(Cl)cc2)N([C@H](CS(=O)(=O)C2CC2)C2CC2)C1=O. The molecule has 1 N–H and O–H groups in total. The molecule has 3 aliphatic rings. The van der Waals surface area contributed by atoms with Crippen molar-refractivity contribution in [1.29, 1.82) is 0 Å². The summed E-state index contributed by atoms with van der Waals surface area (Å²) in [7, 11) is -3.38. The van der Waals surface area contributed by atoms with Crippen molar-refractivity contribution in [3.63, 3.8) is 0 Å². The first kappa shape index (κ1) is 26.5. The molecule has 0 aromatic heterocycles. The highest BCUT2D eigenvalue weighted by Gasteiger charge is 2.55. The zero-order valence-electron chi connectivity index (χ0n) is 20.6. The number of piperidine rings is 1. The van der Waals surface area contributed by atoms with E-state index in [1.54, 1.807) is 30.0 Å². The molecule has 2 aliphatic carbocycles. The molecule has 2 aromatic carbocycles. The highest BCUT2D eigenvalue weighted by atomic mass is 35.5. The first-order valence-electron chi connectivity index (χ1n) is 12.8. The number of carboxylic acids is 1. The standard InChI is InChI=1S/C28H31Cl2NO5S/c1-28(15-25(32)33)14-23(19-3-2-4-21(30)13-19)26(18-7-9-20(29)10-8-18)31(27(28)34)24(17-5-6-17)16-37(35,36)22-11-12-22/h2-4,7-10,13,17,22-24,26H,5-6,11-12,14-16H2,1H3,(H,32,33)/t23?,24-,26-,28-/m1/s1. The lowest BCUT2D eigenvalue weighted by molar-refractivity contribution is -0.160. The maximum Gasteiger partial charge on any atom is 0.304 e. The number of benzene rings is 2. The van der Waals surface area contributed by atoms with E-state index in [4.69, 9.17) is 23.2 Å². The average molecular weight is 565 g/mol. The van der Waals surface area contributed by atoms with E-state index in [0.717, 1.165) is 24.0 Å². The Balaban J connectivity index is 1.68. The van der Waals surface area contributed by atoms with Gasteiger partial charge < -0.3 is 10.0 Å². The molecule has 0 radical (unpaired) electrons. The van der Waals surface area contributed by atoms with Crippen LogP contribution >= 0.6 is 23.2 Å². The molecule has 1 heterocycles. The minimum atomic E-state index is -3.38. The number of carbonyl (C=O) groups excluding carboxylic acids is 1. The van der Waals surface area contributed by atoms with Crippen molar-refractivity contribution in [2.24, 2.45) is 11.3 Å². The Labute approximate surface area is 227 Å². The molecule has 1 saturated heterocycles. The summed E-state index contributed by atoms with van der Waals surface area (Å²) in [5.41, 5.74) is 0.536. The van der Waals surface area contributed by atoms with Crippen LogP contribution in [0.4, 0.5) is 0 Å². The molecule has 0 bridgehead atoms. The molecule has 3 fully saturated rings. The Morgan fingerprint density at radius 2 is 1.73 bits per heavy atom. The van der Waals surface area contributed by atoms with E-state index in [0.29, 0.717) is 29.3 Å². The number of hydrogen-bond acceptors (Lipinski definition) is 4. The molecule has 5 rings (SSSR count). The Hall–Kier alpha value is -2.09. The van der Waals surface area contributed by atoms with Crippen LogP contribution in [0.25, 0.3) is 0 Å². The van der Waals surface area contributed by atoms with E-state index in [2.05, 4.69) is 0 Å². The second kappa shape index (κ2) is 9.90. The number of sulfone groups is 1. The van der Waals surface area contributed by atoms with Gasteiger partial charge in [0.25, 0.3) is 0 Å². The van der Waals surface area contributed by atoms with Crippen LogP contribution in [0.5, 0.6) is 0 Å². The van der Waals surface area contributed by atoms with E-state index in [1.165, 1.54) is 0 Å². The molecule has 6 nitrogen and oxygen atoms in total. The first-order valence-corrected chi connectivity index (χ1v) is 15.2. The van der Waals surface area contributed by atoms with Crippen LogP contribution in [0, 0.1) is 11.3 Å². The lowest BCUT2D eigenvalue weighted by Gasteiger charge is -2.52. The smallest absolute Gasteiger partial charge is 0.304 e. The number of halogens is 2. The number of likely N-dealkylation sites (tertiary alicyclic amines) is 1. The van der Waals surface area contributed by atoms with Crippen molar-refractivity contribution in [2.45, 2.75) is 68.7 Å². The first-order chi connectivity index (χ1) is 17.5. The predicted molar refractivity (Wildman–Crippen MR) is 144 cm³/mol. The summed E-state index contributed by atoms with van der Waals surface area (Å²) >= 11 is 12.6. The summed E-state index contributed by atoms with van der Waals surface area (Å²) in [6.07, 6.45) is 2.99. The number of nitrogens with zero attached hydrogens (tertiary/aromatic N) is 1.